The summed E-state index contributed by atoms with van der Waals surface area (Å²) in [7, 11) is 0. The Hall–Kier alpha value is -1.07. The summed E-state index contributed by atoms with van der Waals surface area (Å²) in [6, 6.07) is 10.8. The molecule has 2 nitrogen and oxygen atoms in total. The van der Waals surface area contributed by atoms with Gasteiger partial charge in [-0.3, -0.25) is 0 Å². The average Bonchev–Trinajstić information content (AvgIpc) is 2.41. The molecule has 0 bridgehead atoms. The minimum atomic E-state index is -0.267. The highest BCUT2D eigenvalue weighted by Crippen LogP contribution is 2.36. The van der Waals surface area contributed by atoms with Crippen molar-refractivity contribution in [3.8, 4) is 5.75 Å². The summed E-state index contributed by atoms with van der Waals surface area (Å²) in [6.07, 6.45) is -0.120. The molecule has 98 valence electrons. The molecule has 3 rings (SSSR count). The van der Waals surface area contributed by atoms with E-state index in [9.17, 15) is 4.39 Å². The predicted octanol–water partition coefficient (Wildman–Crippen LogP) is 4.90. The van der Waals surface area contributed by atoms with Crippen LogP contribution in [0.4, 0.5) is 10.1 Å². The number of rotatable bonds is 1. The van der Waals surface area contributed by atoms with Crippen LogP contribution in [0.25, 0.3) is 0 Å². The Kier molecular flexibility index (Phi) is 3.50. The van der Waals surface area contributed by atoms with Crippen LogP contribution in [0.3, 0.4) is 0 Å². The number of hydrogen-bond donors (Lipinski definition) is 1. The predicted molar refractivity (Wildman–Crippen MR) is 80.1 cm³/mol. The Morgan fingerprint density at radius 1 is 1.16 bits per heavy atom. The largest absolute Gasteiger partial charge is 0.482 e. The monoisotopic (exact) mass is 385 g/mol. The molecule has 1 aliphatic rings. The van der Waals surface area contributed by atoms with Gasteiger partial charge in [0.25, 0.3) is 0 Å². The molecule has 0 aromatic heterocycles. The van der Waals surface area contributed by atoms with Crippen LogP contribution in [0, 0.1) is 5.82 Å². The summed E-state index contributed by atoms with van der Waals surface area (Å²) in [4.78, 5) is 0. The average molecular weight is 387 g/mol. The second-order valence-electron chi connectivity index (χ2n) is 4.30. The number of anilines is 1. The number of benzene rings is 2. The topological polar surface area (TPSA) is 21.3 Å². The van der Waals surface area contributed by atoms with Crippen molar-refractivity contribution < 1.29 is 9.13 Å². The first-order valence-corrected chi connectivity index (χ1v) is 7.37. The first kappa shape index (κ1) is 12.9. The molecule has 0 radical (unpaired) electrons. The van der Waals surface area contributed by atoms with E-state index in [2.05, 4.69) is 37.2 Å². The number of halogens is 3. The van der Waals surface area contributed by atoms with Crippen molar-refractivity contribution in [1.29, 1.82) is 0 Å². The van der Waals surface area contributed by atoms with E-state index >= 15 is 0 Å². The lowest BCUT2D eigenvalue weighted by molar-refractivity contribution is 0.210. The quantitative estimate of drug-likeness (QED) is 0.752. The van der Waals surface area contributed by atoms with Gasteiger partial charge in [-0.1, -0.05) is 22.0 Å². The van der Waals surface area contributed by atoms with Crippen molar-refractivity contribution in [2.24, 2.45) is 0 Å². The first-order chi connectivity index (χ1) is 9.13. The number of nitrogens with one attached hydrogen (secondary N) is 1. The third-order valence-corrected chi connectivity index (χ3v) is 4.11. The second kappa shape index (κ2) is 5.13. The third-order valence-electron chi connectivity index (χ3n) is 3.00. The molecule has 2 aromatic carbocycles. The molecule has 1 heterocycles. The minimum Gasteiger partial charge on any atom is -0.482 e. The molecule has 19 heavy (non-hydrogen) atoms. The van der Waals surface area contributed by atoms with E-state index in [-0.39, 0.29) is 11.9 Å². The van der Waals surface area contributed by atoms with Crippen molar-refractivity contribution in [1.82, 2.24) is 0 Å². The summed E-state index contributed by atoms with van der Waals surface area (Å²) < 4.78 is 20.6. The molecular weight excluding hydrogens is 377 g/mol. The smallest absolute Gasteiger partial charge is 0.143 e. The van der Waals surface area contributed by atoms with Crippen LogP contribution in [0.2, 0.25) is 0 Å². The fourth-order valence-electron chi connectivity index (χ4n) is 2.04. The highest BCUT2D eigenvalue weighted by atomic mass is 79.9. The molecule has 0 saturated carbocycles. The molecule has 0 amide bonds. The van der Waals surface area contributed by atoms with Gasteiger partial charge in [-0.05, 0) is 51.8 Å². The number of hydrogen-bond acceptors (Lipinski definition) is 2. The van der Waals surface area contributed by atoms with Gasteiger partial charge < -0.3 is 10.1 Å². The van der Waals surface area contributed by atoms with Crippen molar-refractivity contribution in [2.45, 2.75) is 6.10 Å². The normalized spacial score (nSPS) is 17.3. The minimum absolute atomic E-state index is 0.120. The van der Waals surface area contributed by atoms with Gasteiger partial charge in [0.2, 0.25) is 0 Å². The van der Waals surface area contributed by atoms with Crippen LogP contribution in [0.1, 0.15) is 11.7 Å². The molecular formula is C14H10Br2FNO. The molecule has 0 saturated heterocycles. The van der Waals surface area contributed by atoms with E-state index in [1.54, 1.807) is 12.1 Å². The van der Waals surface area contributed by atoms with Crippen LogP contribution in [-0.4, -0.2) is 6.54 Å². The Bertz CT molecular complexity index is 633. The van der Waals surface area contributed by atoms with E-state index < -0.39 is 0 Å². The molecule has 2 aromatic rings. The van der Waals surface area contributed by atoms with Gasteiger partial charge in [0, 0.05) is 4.47 Å². The maximum absolute atomic E-state index is 13.2. The molecule has 0 fully saturated rings. The van der Waals surface area contributed by atoms with Gasteiger partial charge in [0.15, 0.2) is 0 Å². The van der Waals surface area contributed by atoms with Gasteiger partial charge >= 0.3 is 0 Å². The summed E-state index contributed by atoms with van der Waals surface area (Å²) in [5.41, 5.74) is 1.90. The summed E-state index contributed by atoms with van der Waals surface area (Å²) >= 11 is 6.62. The van der Waals surface area contributed by atoms with Crippen LogP contribution >= 0.6 is 31.9 Å². The Morgan fingerprint density at radius 3 is 2.79 bits per heavy atom. The zero-order valence-electron chi connectivity index (χ0n) is 9.79. The van der Waals surface area contributed by atoms with Gasteiger partial charge in [-0.15, -0.1) is 0 Å². The zero-order valence-corrected chi connectivity index (χ0v) is 13.0. The van der Waals surface area contributed by atoms with E-state index in [1.165, 1.54) is 6.07 Å². The van der Waals surface area contributed by atoms with E-state index in [1.807, 2.05) is 18.2 Å². The van der Waals surface area contributed by atoms with Crippen LogP contribution in [0.15, 0.2) is 45.3 Å². The molecule has 1 unspecified atom stereocenters. The zero-order chi connectivity index (χ0) is 13.4. The lowest BCUT2D eigenvalue weighted by Gasteiger charge is -2.28. The number of fused-ring (bicyclic) bond motifs is 1. The maximum atomic E-state index is 13.2. The van der Waals surface area contributed by atoms with Gasteiger partial charge in [-0.2, -0.15) is 0 Å². The Balaban J connectivity index is 1.89. The van der Waals surface area contributed by atoms with Crippen molar-refractivity contribution in [3.63, 3.8) is 0 Å². The van der Waals surface area contributed by atoms with Crippen LogP contribution < -0.4 is 10.1 Å². The van der Waals surface area contributed by atoms with E-state index in [0.717, 1.165) is 21.5 Å². The van der Waals surface area contributed by atoms with Gasteiger partial charge in [0.05, 0.1) is 16.7 Å². The molecule has 0 spiro atoms. The molecule has 0 aliphatic carbocycles. The fraction of sp³-hybridized carbons (Fsp3) is 0.143. The van der Waals surface area contributed by atoms with Crippen molar-refractivity contribution in [2.75, 3.05) is 11.9 Å². The first-order valence-electron chi connectivity index (χ1n) is 5.78. The molecule has 1 N–H and O–H groups in total. The van der Waals surface area contributed by atoms with Crippen LogP contribution in [-0.2, 0) is 0 Å². The maximum Gasteiger partial charge on any atom is 0.143 e. The lowest BCUT2D eigenvalue weighted by atomic mass is 10.1. The Morgan fingerprint density at radius 2 is 2.00 bits per heavy atom. The Labute approximate surface area is 127 Å². The number of ether oxygens (including phenoxy) is 1. The van der Waals surface area contributed by atoms with Crippen molar-refractivity contribution >= 4 is 37.5 Å². The highest BCUT2D eigenvalue weighted by molar-refractivity contribution is 9.10. The fourth-order valence-corrected chi connectivity index (χ4v) is 2.80. The lowest BCUT2D eigenvalue weighted by Crippen LogP contribution is -2.23. The van der Waals surface area contributed by atoms with E-state index in [0.29, 0.717) is 11.0 Å². The van der Waals surface area contributed by atoms with E-state index in [4.69, 9.17) is 4.74 Å². The highest BCUT2D eigenvalue weighted by Gasteiger charge is 2.21. The summed E-state index contributed by atoms with van der Waals surface area (Å²) in [5.74, 6) is 0.539. The molecule has 1 aliphatic heterocycles. The molecule has 5 heteroatoms. The molecule has 1 atom stereocenters. The van der Waals surface area contributed by atoms with Gasteiger partial charge in [-0.25, -0.2) is 4.39 Å². The second-order valence-corrected chi connectivity index (χ2v) is 6.07. The summed E-state index contributed by atoms with van der Waals surface area (Å²) in [5, 5.41) is 3.32. The van der Waals surface area contributed by atoms with Gasteiger partial charge in [0.1, 0.15) is 17.7 Å². The standard InChI is InChI=1S/C14H10Br2FNO/c15-9-2-4-13-12(6-9)18-7-14(19-13)8-1-3-11(17)10(16)5-8/h1-6,14,18H,7H2. The third kappa shape index (κ3) is 2.62. The summed E-state index contributed by atoms with van der Waals surface area (Å²) in [6.45, 7) is 0.654. The van der Waals surface area contributed by atoms with Crippen LogP contribution in [0.5, 0.6) is 5.75 Å². The SMILES string of the molecule is Fc1ccc(C2CNc3cc(Br)ccc3O2)cc1Br. The van der Waals surface area contributed by atoms with Crippen molar-refractivity contribution in [3.05, 3.63) is 56.7 Å².